The molecule has 0 radical (unpaired) electrons. The molecule has 0 saturated carbocycles. The maximum atomic E-state index is 12.9. The van der Waals surface area contributed by atoms with Crippen LogP contribution in [0.4, 0.5) is 5.69 Å². The number of rotatable bonds is 8. The molecule has 1 saturated heterocycles. The van der Waals surface area contributed by atoms with Crippen LogP contribution in [0.2, 0.25) is 0 Å². The largest absolute Gasteiger partial charge is 0.339 e. The number of pyridine rings is 1. The first-order chi connectivity index (χ1) is 18.0. The zero-order valence-electron chi connectivity index (χ0n) is 22.0. The standard InChI is InChI=1S/C31H36N4O2/c1-4-35(5-2)31(37)26-14-12-24(13-15-26)30(27-9-8-11-28(21-27)33-23(3)36)25-16-19-34(20-17-25)22-29-10-6-7-18-32-29/h6-15,18,21H,4-5,16-17,19-20,22H2,1-3H3,(H,33,36). The normalized spacial score (nSPS) is 13.8. The van der Waals surface area contributed by atoms with Gasteiger partial charge in [0.05, 0.1) is 5.69 Å². The first kappa shape index (κ1) is 26.3. The highest BCUT2D eigenvalue weighted by molar-refractivity contribution is 5.95. The molecule has 0 spiro atoms. The summed E-state index contributed by atoms with van der Waals surface area (Å²) >= 11 is 0. The van der Waals surface area contributed by atoms with Crippen LogP contribution >= 0.6 is 0 Å². The molecule has 6 heteroatoms. The van der Waals surface area contributed by atoms with Crippen LogP contribution in [0.1, 0.15) is 60.8 Å². The molecule has 192 valence electrons. The van der Waals surface area contributed by atoms with Crippen molar-refractivity contribution in [1.82, 2.24) is 14.8 Å². The summed E-state index contributed by atoms with van der Waals surface area (Å²) < 4.78 is 0. The number of anilines is 1. The van der Waals surface area contributed by atoms with E-state index in [0.717, 1.165) is 55.0 Å². The van der Waals surface area contributed by atoms with Crippen molar-refractivity contribution in [2.45, 2.75) is 40.2 Å². The number of nitrogens with zero attached hydrogens (tertiary/aromatic N) is 3. The van der Waals surface area contributed by atoms with Gasteiger partial charge in [-0.2, -0.15) is 0 Å². The van der Waals surface area contributed by atoms with Gasteiger partial charge in [0.15, 0.2) is 0 Å². The molecule has 0 bridgehead atoms. The number of carbonyl (C=O) groups is 2. The number of carbonyl (C=O) groups excluding carboxylic acids is 2. The smallest absolute Gasteiger partial charge is 0.253 e. The lowest BCUT2D eigenvalue weighted by atomic mass is 9.87. The van der Waals surface area contributed by atoms with Crippen molar-refractivity contribution in [3.63, 3.8) is 0 Å². The Balaban J connectivity index is 1.64. The lowest BCUT2D eigenvalue weighted by Crippen LogP contribution is -2.31. The van der Waals surface area contributed by atoms with E-state index >= 15 is 0 Å². The number of amides is 2. The van der Waals surface area contributed by atoms with Gasteiger partial charge in [-0.3, -0.25) is 19.5 Å². The Kier molecular flexibility index (Phi) is 8.86. The second kappa shape index (κ2) is 12.5. The lowest BCUT2D eigenvalue weighted by molar-refractivity contribution is -0.114. The second-order valence-corrected chi connectivity index (χ2v) is 9.39. The SMILES string of the molecule is CCN(CC)C(=O)c1ccc(C(=C2CCN(Cc3ccccn3)CC2)c2cccc(NC(C)=O)c2)cc1. The van der Waals surface area contributed by atoms with Gasteiger partial charge < -0.3 is 10.2 Å². The van der Waals surface area contributed by atoms with E-state index in [9.17, 15) is 9.59 Å². The Labute approximate surface area is 220 Å². The molecule has 2 heterocycles. The highest BCUT2D eigenvalue weighted by Gasteiger charge is 2.20. The third kappa shape index (κ3) is 6.71. The van der Waals surface area contributed by atoms with Crippen LogP contribution in [-0.4, -0.2) is 52.8 Å². The van der Waals surface area contributed by atoms with Crippen LogP contribution in [0, 0.1) is 0 Å². The number of piperidine rings is 1. The summed E-state index contributed by atoms with van der Waals surface area (Å²) in [5.74, 6) is -0.0327. The Hall–Kier alpha value is -3.77. The van der Waals surface area contributed by atoms with E-state index in [1.165, 1.54) is 18.1 Å². The van der Waals surface area contributed by atoms with Gasteiger partial charge in [0, 0.05) is 57.1 Å². The van der Waals surface area contributed by atoms with Gasteiger partial charge in [-0.15, -0.1) is 0 Å². The third-order valence-corrected chi connectivity index (χ3v) is 6.87. The third-order valence-electron chi connectivity index (χ3n) is 6.87. The average molecular weight is 497 g/mol. The van der Waals surface area contributed by atoms with Gasteiger partial charge in [0.2, 0.25) is 5.91 Å². The predicted molar refractivity (Wildman–Crippen MR) is 149 cm³/mol. The Morgan fingerprint density at radius 1 is 0.892 bits per heavy atom. The van der Waals surface area contributed by atoms with E-state index < -0.39 is 0 Å². The first-order valence-corrected chi connectivity index (χ1v) is 13.1. The zero-order chi connectivity index (χ0) is 26.2. The molecule has 3 aromatic rings. The van der Waals surface area contributed by atoms with Crippen molar-refractivity contribution in [3.8, 4) is 0 Å². The molecule has 1 aliphatic heterocycles. The first-order valence-electron chi connectivity index (χ1n) is 13.1. The molecule has 2 aromatic carbocycles. The molecule has 1 fully saturated rings. The highest BCUT2D eigenvalue weighted by atomic mass is 16.2. The fraction of sp³-hybridized carbons (Fsp3) is 0.323. The molecule has 0 aliphatic carbocycles. The van der Waals surface area contributed by atoms with Crippen LogP contribution in [0.15, 0.2) is 78.5 Å². The van der Waals surface area contributed by atoms with E-state index in [-0.39, 0.29) is 11.8 Å². The molecule has 1 N–H and O–H groups in total. The van der Waals surface area contributed by atoms with Gasteiger partial charge in [0.25, 0.3) is 5.91 Å². The number of aromatic nitrogens is 1. The molecule has 37 heavy (non-hydrogen) atoms. The summed E-state index contributed by atoms with van der Waals surface area (Å²) in [6.45, 7) is 9.67. The fourth-order valence-corrected chi connectivity index (χ4v) is 4.96. The predicted octanol–water partition coefficient (Wildman–Crippen LogP) is 5.62. The van der Waals surface area contributed by atoms with E-state index in [4.69, 9.17) is 0 Å². The summed E-state index contributed by atoms with van der Waals surface area (Å²) in [4.78, 5) is 33.3. The number of hydrogen-bond acceptors (Lipinski definition) is 4. The molecule has 0 atom stereocenters. The summed E-state index contributed by atoms with van der Waals surface area (Å²) in [6, 6.07) is 22.1. The molecule has 2 amide bonds. The second-order valence-electron chi connectivity index (χ2n) is 9.39. The molecule has 1 aliphatic rings. The van der Waals surface area contributed by atoms with Crippen molar-refractivity contribution in [2.24, 2.45) is 0 Å². The van der Waals surface area contributed by atoms with Gasteiger partial charge in [0.1, 0.15) is 0 Å². The summed E-state index contributed by atoms with van der Waals surface area (Å²) in [5, 5.41) is 2.91. The molecule has 6 nitrogen and oxygen atoms in total. The van der Waals surface area contributed by atoms with Crippen molar-refractivity contribution in [3.05, 3.63) is 101 Å². The van der Waals surface area contributed by atoms with E-state index in [1.807, 2.05) is 67.4 Å². The summed E-state index contributed by atoms with van der Waals surface area (Å²) in [7, 11) is 0. The fourth-order valence-electron chi connectivity index (χ4n) is 4.96. The van der Waals surface area contributed by atoms with Crippen LogP contribution in [-0.2, 0) is 11.3 Å². The molecule has 4 rings (SSSR count). The van der Waals surface area contributed by atoms with Gasteiger partial charge in [-0.25, -0.2) is 0 Å². The minimum atomic E-state index is -0.0894. The molecular weight excluding hydrogens is 460 g/mol. The minimum Gasteiger partial charge on any atom is -0.339 e. The zero-order valence-corrected chi connectivity index (χ0v) is 22.0. The maximum Gasteiger partial charge on any atom is 0.253 e. The van der Waals surface area contributed by atoms with E-state index in [2.05, 4.69) is 39.5 Å². The average Bonchev–Trinajstić information content (AvgIpc) is 2.91. The van der Waals surface area contributed by atoms with Crippen LogP contribution < -0.4 is 5.32 Å². The monoisotopic (exact) mass is 496 g/mol. The van der Waals surface area contributed by atoms with Crippen LogP contribution in [0.3, 0.4) is 0 Å². The molecular formula is C31H36N4O2. The van der Waals surface area contributed by atoms with Crippen molar-refractivity contribution in [2.75, 3.05) is 31.5 Å². The van der Waals surface area contributed by atoms with Crippen molar-refractivity contribution in [1.29, 1.82) is 0 Å². The quantitative estimate of drug-likeness (QED) is 0.440. The number of likely N-dealkylation sites (tertiary alicyclic amines) is 1. The highest BCUT2D eigenvalue weighted by Crippen LogP contribution is 2.34. The summed E-state index contributed by atoms with van der Waals surface area (Å²) in [5.41, 5.74) is 7.31. The van der Waals surface area contributed by atoms with Crippen LogP contribution in [0.25, 0.3) is 5.57 Å². The topological polar surface area (TPSA) is 65.5 Å². The van der Waals surface area contributed by atoms with Crippen molar-refractivity contribution >= 4 is 23.1 Å². The Bertz CT molecular complexity index is 1240. The minimum absolute atomic E-state index is 0.0567. The molecule has 0 unspecified atom stereocenters. The van der Waals surface area contributed by atoms with E-state index in [0.29, 0.717) is 18.7 Å². The van der Waals surface area contributed by atoms with E-state index in [1.54, 1.807) is 0 Å². The van der Waals surface area contributed by atoms with Gasteiger partial charge in [-0.05, 0) is 79.8 Å². The Morgan fingerprint density at radius 3 is 2.22 bits per heavy atom. The van der Waals surface area contributed by atoms with Gasteiger partial charge in [-0.1, -0.05) is 35.9 Å². The molecule has 1 aromatic heterocycles. The summed E-state index contributed by atoms with van der Waals surface area (Å²) in [6.07, 6.45) is 3.75. The lowest BCUT2D eigenvalue weighted by Gasteiger charge is -2.30. The number of benzene rings is 2. The number of nitrogens with one attached hydrogen (secondary N) is 1. The Morgan fingerprint density at radius 2 is 1.59 bits per heavy atom. The van der Waals surface area contributed by atoms with Crippen LogP contribution in [0.5, 0.6) is 0 Å². The van der Waals surface area contributed by atoms with Gasteiger partial charge >= 0.3 is 0 Å². The van der Waals surface area contributed by atoms with Crippen molar-refractivity contribution < 1.29 is 9.59 Å². The maximum absolute atomic E-state index is 12.9. The number of hydrogen-bond donors (Lipinski definition) is 1.